The van der Waals surface area contributed by atoms with Crippen molar-refractivity contribution in [3.8, 4) is 0 Å². The summed E-state index contributed by atoms with van der Waals surface area (Å²) >= 11 is 1.63. The van der Waals surface area contributed by atoms with Crippen LogP contribution in [0.4, 0.5) is 0 Å². The van der Waals surface area contributed by atoms with Gasteiger partial charge in [0.1, 0.15) is 0 Å². The van der Waals surface area contributed by atoms with Crippen LogP contribution >= 0.6 is 11.3 Å². The largest absolute Gasteiger partial charge is 0.393 e. The Bertz CT molecular complexity index is 276. The second-order valence-electron chi connectivity index (χ2n) is 4.22. The summed E-state index contributed by atoms with van der Waals surface area (Å²) in [7, 11) is 0. The zero-order valence-corrected chi connectivity index (χ0v) is 9.67. The van der Waals surface area contributed by atoms with E-state index < -0.39 is 0 Å². The molecule has 1 aromatic rings. The van der Waals surface area contributed by atoms with Crippen molar-refractivity contribution in [2.75, 3.05) is 6.54 Å². The Morgan fingerprint density at radius 2 is 2.33 bits per heavy atom. The lowest BCUT2D eigenvalue weighted by atomic mass is 9.86. The molecule has 0 bridgehead atoms. The van der Waals surface area contributed by atoms with Gasteiger partial charge in [0.05, 0.1) is 17.3 Å². The summed E-state index contributed by atoms with van der Waals surface area (Å²) in [5.74, 6) is 0.442. The van der Waals surface area contributed by atoms with Crippen LogP contribution < -0.4 is 5.32 Å². The van der Waals surface area contributed by atoms with E-state index >= 15 is 0 Å². The molecule has 1 saturated carbocycles. The van der Waals surface area contributed by atoms with Gasteiger partial charge in [-0.15, -0.1) is 11.3 Å². The van der Waals surface area contributed by atoms with Crippen molar-refractivity contribution in [2.45, 2.75) is 38.3 Å². The third kappa shape index (κ3) is 3.26. The number of hydrogen-bond donors (Lipinski definition) is 2. The average molecular weight is 226 g/mol. The smallest absolute Gasteiger partial charge is 0.0795 e. The topological polar surface area (TPSA) is 45.1 Å². The summed E-state index contributed by atoms with van der Waals surface area (Å²) in [5.41, 5.74) is 2.96. The fourth-order valence-corrected chi connectivity index (χ4v) is 2.70. The predicted molar refractivity (Wildman–Crippen MR) is 61.8 cm³/mol. The Labute approximate surface area is 94.5 Å². The molecule has 1 heterocycles. The summed E-state index contributed by atoms with van der Waals surface area (Å²) in [5, 5.41) is 15.2. The standard InChI is InChI=1S/C11H18N2OS/c14-11-4-2-1-3-9(11)5-12-6-10-7-15-8-13-10/h7-9,11-12,14H,1-6H2. The van der Waals surface area contributed by atoms with Crippen molar-refractivity contribution in [1.29, 1.82) is 0 Å². The zero-order valence-electron chi connectivity index (χ0n) is 8.85. The molecule has 0 aromatic carbocycles. The van der Waals surface area contributed by atoms with Gasteiger partial charge in [-0.2, -0.15) is 0 Å². The van der Waals surface area contributed by atoms with Gasteiger partial charge in [-0.05, 0) is 18.8 Å². The van der Waals surface area contributed by atoms with Crippen LogP contribution in [0.3, 0.4) is 0 Å². The second kappa shape index (κ2) is 5.58. The minimum Gasteiger partial charge on any atom is -0.393 e. The number of aliphatic hydroxyl groups excluding tert-OH is 1. The van der Waals surface area contributed by atoms with Crippen LogP contribution in [0.1, 0.15) is 31.4 Å². The van der Waals surface area contributed by atoms with Crippen molar-refractivity contribution >= 4 is 11.3 Å². The van der Waals surface area contributed by atoms with Crippen molar-refractivity contribution < 1.29 is 5.11 Å². The molecule has 4 heteroatoms. The summed E-state index contributed by atoms with van der Waals surface area (Å²) < 4.78 is 0. The molecule has 15 heavy (non-hydrogen) atoms. The Balaban J connectivity index is 1.68. The van der Waals surface area contributed by atoms with Gasteiger partial charge in [0.2, 0.25) is 0 Å². The van der Waals surface area contributed by atoms with E-state index in [0.29, 0.717) is 5.92 Å². The van der Waals surface area contributed by atoms with Gasteiger partial charge in [0, 0.05) is 18.5 Å². The van der Waals surface area contributed by atoms with E-state index in [0.717, 1.165) is 31.6 Å². The second-order valence-corrected chi connectivity index (χ2v) is 4.94. The third-order valence-corrected chi connectivity index (χ3v) is 3.70. The zero-order chi connectivity index (χ0) is 10.5. The molecule has 2 atom stereocenters. The third-order valence-electron chi connectivity index (χ3n) is 3.07. The first kappa shape index (κ1) is 11.0. The van der Waals surface area contributed by atoms with Crippen LogP contribution in [-0.2, 0) is 6.54 Å². The van der Waals surface area contributed by atoms with E-state index in [1.54, 1.807) is 11.3 Å². The van der Waals surface area contributed by atoms with Gasteiger partial charge in [0.15, 0.2) is 0 Å². The van der Waals surface area contributed by atoms with Gasteiger partial charge in [-0.3, -0.25) is 0 Å². The highest BCUT2D eigenvalue weighted by Crippen LogP contribution is 2.23. The molecule has 3 nitrogen and oxygen atoms in total. The van der Waals surface area contributed by atoms with Gasteiger partial charge in [-0.1, -0.05) is 12.8 Å². The number of thiazole rings is 1. The molecule has 0 saturated heterocycles. The molecule has 1 aromatic heterocycles. The van der Waals surface area contributed by atoms with Crippen molar-refractivity contribution in [2.24, 2.45) is 5.92 Å². The molecule has 0 spiro atoms. The molecular weight excluding hydrogens is 208 g/mol. The minimum atomic E-state index is -0.0957. The molecule has 84 valence electrons. The Hall–Kier alpha value is -0.450. The number of rotatable bonds is 4. The fraction of sp³-hybridized carbons (Fsp3) is 0.727. The predicted octanol–water partition coefficient (Wildman–Crippen LogP) is 1.78. The summed E-state index contributed by atoms with van der Waals surface area (Å²) in [6, 6.07) is 0. The molecular formula is C11H18N2OS. The number of nitrogens with one attached hydrogen (secondary N) is 1. The summed E-state index contributed by atoms with van der Waals surface area (Å²) in [6.45, 7) is 1.74. The van der Waals surface area contributed by atoms with Gasteiger partial charge < -0.3 is 10.4 Å². The minimum absolute atomic E-state index is 0.0957. The summed E-state index contributed by atoms with van der Waals surface area (Å²) in [6.07, 6.45) is 4.49. The number of aromatic nitrogens is 1. The molecule has 2 unspecified atom stereocenters. The van der Waals surface area contributed by atoms with Gasteiger partial charge >= 0.3 is 0 Å². The maximum Gasteiger partial charge on any atom is 0.0795 e. The van der Waals surface area contributed by atoms with Crippen LogP contribution in [0.15, 0.2) is 10.9 Å². The average Bonchev–Trinajstić information content (AvgIpc) is 2.74. The maximum atomic E-state index is 9.77. The first-order chi connectivity index (χ1) is 7.36. The SMILES string of the molecule is OC1CCCCC1CNCc1cscn1. The normalized spacial score (nSPS) is 26.7. The Morgan fingerprint density at radius 1 is 1.47 bits per heavy atom. The highest BCUT2D eigenvalue weighted by molar-refractivity contribution is 7.07. The first-order valence-corrected chi connectivity index (χ1v) is 6.56. The molecule has 2 rings (SSSR count). The molecule has 0 radical (unpaired) electrons. The lowest BCUT2D eigenvalue weighted by molar-refractivity contribution is 0.0694. The van der Waals surface area contributed by atoms with Crippen LogP contribution in [0, 0.1) is 5.92 Å². The lowest BCUT2D eigenvalue weighted by Gasteiger charge is -2.27. The number of aliphatic hydroxyl groups is 1. The van der Waals surface area contributed by atoms with E-state index in [1.807, 2.05) is 5.51 Å². The van der Waals surface area contributed by atoms with Crippen molar-refractivity contribution in [1.82, 2.24) is 10.3 Å². The van der Waals surface area contributed by atoms with Crippen molar-refractivity contribution in [3.63, 3.8) is 0 Å². The van der Waals surface area contributed by atoms with E-state index in [2.05, 4.69) is 15.7 Å². The van der Waals surface area contributed by atoms with E-state index in [4.69, 9.17) is 0 Å². The summed E-state index contributed by atoms with van der Waals surface area (Å²) in [4.78, 5) is 4.21. The highest BCUT2D eigenvalue weighted by Gasteiger charge is 2.22. The quantitative estimate of drug-likeness (QED) is 0.822. The Morgan fingerprint density at radius 3 is 3.07 bits per heavy atom. The first-order valence-electron chi connectivity index (χ1n) is 5.62. The lowest BCUT2D eigenvalue weighted by Crippen LogP contribution is -2.33. The van der Waals surface area contributed by atoms with Gasteiger partial charge in [0.25, 0.3) is 0 Å². The van der Waals surface area contributed by atoms with Gasteiger partial charge in [-0.25, -0.2) is 4.98 Å². The fourth-order valence-electron chi connectivity index (χ4n) is 2.14. The van der Waals surface area contributed by atoms with Crippen molar-refractivity contribution in [3.05, 3.63) is 16.6 Å². The van der Waals surface area contributed by atoms with Crippen LogP contribution in [0.25, 0.3) is 0 Å². The molecule has 1 fully saturated rings. The van der Waals surface area contributed by atoms with E-state index in [-0.39, 0.29) is 6.10 Å². The molecule has 1 aliphatic rings. The van der Waals surface area contributed by atoms with E-state index in [9.17, 15) is 5.11 Å². The van der Waals surface area contributed by atoms with E-state index in [1.165, 1.54) is 12.8 Å². The molecule has 1 aliphatic carbocycles. The molecule has 2 N–H and O–H groups in total. The number of nitrogens with zero attached hydrogens (tertiary/aromatic N) is 1. The Kier molecular flexibility index (Phi) is 4.11. The highest BCUT2D eigenvalue weighted by atomic mass is 32.1. The molecule has 0 aliphatic heterocycles. The molecule has 0 amide bonds. The monoisotopic (exact) mass is 226 g/mol. The number of hydrogen-bond acceptors (Lipinski definition) is 4. The van der Waals surface area contributed by atoms with Crippen LogP contribution in [-0.4, -0.2) is 22.7 Å². The van der Waals surface area contributed by atoms with Crippen LogP contribution in [0.2, 0.25) is 0 Å². The maximum absolute atomic E-state index is 9.77. The van der Waals surface area contributed by atoms with Crippen LogP contribution in [0.5, 0.6) is 0 Å².